The fourth-order valence-corrected chi connectivity index (χ4v) is 5.25. The number of esters is 2. The van der Waals surface area contributed by atoms with Gasteiger partial charge < -0.3 is 14.6 Å². The summed E-state index contributed by atoms with van der Waals surface area (Å²) in [7, 11) is 0. The highest BCUT2D eigenvalue weighted by atomic mass is 16.5. The van der Waals surface area contributed by atoms with Crippen molar-refractivity contribution in [1.29, 1.82) is 0 Å². The van der Waals surface area contributed by atoms with Gasteiger partial charge in [-0.05, 0) is 75.8 Å². The van der Waals surface area contributed by atoms with Gasteiger partial charge in [0.2, 0.25) is 0 Å². The maximum absolute atomic E-state index is 11.8. The lowest BCUT2D eigenvalue weighted by Gasteiger charge is -2.20. The number of hydrogen-bond donors (Lipinski definition) is 1. The lowest BCUT2D eigenvalue weighted by Crippen LogP contribution is -2.09. The first-order chi connectivity index (χ1) is 20.4. The molecule has 0 spiro atoms. The van der Waals surface area contributed by atoms with Crippen LogP contribution in [0.15, 0.2) is 79.9 Å². The zero-order valence-electron chi connectivity index (χ0n) is 25.1. The smallest absolute Gasteiger partial charge is 0.330 e. The van der Waals surface area contributed by atoms with Crippen LogP contribution in [-0.2, 0) is 51.2 Å². The van der Waals surface area contributed by atoms with E-state index >= 15 is 0 Å². The Balaban J connectivity index is 2.13. The Labute approximate surface area is 250 Å². The van der Waals surface area contributed by atoms with Crippen LogP contribution in [0, 0.1) is 0 Å². The van der Waals surface area contributed by atoms with Crippen molar-refractivity contribution in [2.75, 3.05) is 19.8 Å². The molecule has 0 aliphatic carbocycles. The van der Waals surface area contributed by atoms with Gasteiger partial charge in [0.1, 0.15) is 0 Å². The first-order valence-electron chi connectivity index (χ1n) is 15.0. The second-order valence-electron chi connectivity index (χ2n) is 10.4. The molecule has 42 heavy (non-hydrogen) atoms. The summed E-state index contributed by atoms with van der Waals surface area (Å²) >= 11 is 0. The van der Waals surface area contributed by atoms with Gasteiger partial charge in [0.15, 0.2) is 0 Å². The van der Waals surface area contributed by atoms with Crippen molar-refractivity contribution in [3.8, 4) is 22.3 Å². The third-order valence-corrected chi connectivity index (χ3v) is 7.44. The van der Waals surface area contributed by atoms with E-state index in [2.05, 4.69) is 69.5 Å². The molecule has 5 heteroatoms. The summed E-state index contributed by atoms with van der Waals surface area (Å²) in [5.41, 5.74) is 10.1. The number of rotatable bonds is 17. The minimum absolute atomic E-state index is 0.0883. The summed E-state index contributed by atoms with van der Waals surface area (Å²) < 4.78 is 10.8. The molecule has 0 saturated carbocycles. The van der Waals surface area contributed by atoms with Crippen molar-refractivity contribution in [2.45, 2.75) is 65.2 Å². The molecular formula is C37H44O5. The van der Waals surface area contributed by atoms with Crippen molar-refractivity contribution in [3.05, 3.63) is 108 Å². The third-order valence-electron chi connectivity index (χ3n) is 7.44. The van der Waals surface area contributed by atoms with Crippen LogP contribution >= 0.6 is 0 Å². The van der Waals surface area contributed by atoms with Crippen molar-refractivity contribution in [3.63, 3.8) is 0 Å². The van der Waals surface area contributed by atoms with Crippen molar-refractivity contribution < 1.29 is 24.2 Å². The van der Waals surface area contributed by atoms with Gasteiger partial charge in [-0.3, -0.25) is 0 Å². The molecule has 0 saturated heterocycles. The van der Waals surface area contributed by atoms with Gasteiger partial charge in [0.05, 0.1) is 13.2 Å². The highest BCUT2D eigenvalue weighted by Crippen LogP contribution is 2.36. The SMILES string of the molecule is C=CC(=O)OCCc1cc(-c2ccc(CCCCC)cc2CC)cc(CCOC(=O)C=C)c1-c1ccc(CCO)cc1. The van der Waals surface area contributed by atoms with E-state index in [1.807, 2.05) is 12.1 Å². The maximum atomic E-state index is 11.8. The molecule has 0 heterocycles. The second-order valence-corrected chi connectivity index (χ2v) is 10.4. The van der Waals surface area contributed by atoms with Crippen molar-refractivity contribution in [1.82, 2.24) is 0 Å². The highest BCUT2D eigenvalue weighted by Gasteiger charge is 2.17. The van der Waals surface area contributed by atoms with Crippen LogP contribution in [0.3, 0.4) is 0 Å². The lowest BCUT2D eigenvalue weighted by molar-refractivity contribution is -0.138. The van der Waals surface area contributed by atoms with Gasteiger partial charge in [0, 0.05) is 31.6 Å². The predicted molar refractivity (Wildman–Crippen MR) is 170 cm³/mol. The first kappa shape index (κ1) is 32.6. The average Bonchev–Trinajstić information content (AvgIpc) is 3.01. The quantitative estimate of drug-likeness (QED) is 0.104. The van der Waals surface area contributed by atoms with Crippen molar-refractivity contribution in [2.24, 2.45) is 0 Å². The molecule has 1 N–H and O–H groups in total. The van der Waals surface area contributed by atoms with Crippen LogP contribution in [0.4, 0.5) is 0 Å². The van der Waals surface area contributed by atoms with Crippen LogP contribution in [0.5, 0.6) is 0 Å². The molecular weight excluding hydrogens is 524 g/mol. The predicted octanol–water partition coefficient (Wildman–Crippen LogP) is 7.39. The number of carbonyl (C=O) groups is 2. The zero-order chi connectivity index (χ0) is 30.3. The number of ether oxygens (including phenoxy) is 2. The summed E-state index contributed by atoms with van der Waals surface area (Å²) in [6, 6.07) is 19.3. The molecule has 0 aliphatic heterocycles. The van der Waals surface area contributed by atoms with Crippen LogP contribution in [0.1, 0.15) is 60.9 Å². The van der Waals surface area contributed by atoms with E-state index in [9.17, 15) is 14.7 Å². The molecule has 0 bridgehead atoms. The van der Waals surface area contributed by atoms with Gasteiger partial charge in [-0.2, -0.15) is 0 Å². The Hall–Kier alpha value is -3.96. The van der Waals surface area contributed by atoms with Gasteiger partial charge in [0.25, 0.3) is 0 Å². The summed E-state index contributed by atoms with van der Waals surface area (Å²) in [5, 5.41) is 9.37. The number of hydrogen-bond acceptors (Lipinski definition) is 5. The number of unbranched alkanes of at least 4 members (excludes halogenated alkanes) is 2. The van der Waals surface area contributed by atoms with Crippen LogP contribution in [-0.4, -0.2) is 36.9 Å². The lowest BCUT2D eigenvalue weighted by atomic mass is 9.86. The largest absolute Gasteiger partial charge is 0.462 e. The molecule has 0 unspecified atom stereocenters. The van der Waals surface area contributed by atoms with Gasteiger partial charge in [-0.15, -0.1) is 0 Å². The third kappa shape index (κ3) is 9.28. The van der Waals surface area contributed by atoms with E-state index in [4.69, 9.17) is 9.47 Å². The molecule has 5 nitrogen and oxygen atoms in total. The minimum atomic E-state index is -0.454. The number of aliphatic hydroxyl groups is 1. The van der Waals surface area contributed by atoms with Crippen LogP contribution in [0.25, 0.3) is 22.3 Å². The molecule has 3 aromatic rings. The number of benzene rings is 3. The Morgan fingerprint density at radius 3 is 1.83 bits per heavy atom. The number of carbonyl (C=O) groups excluding carboxylic acids is 2. The average molecular weight is 569 g/mol. The summed E-state index contributed by atoms with van der Waals surface area (Å²) in [6.07, 6.45) is 9.55. The van der Waals surface area contributed by atoms with E-state index in [0.29, 0.717) is 19.3 Å². The fraction of sp³-hybridized carbons (Fsp3) is 0.351. The van der Waals surface area contributed by atoms with E-state index in [0.717, 1.165) is 46.2 Å². The topological polar surface area (TPSA) is 72.8 Å². The van der Waals surface area contributed by atoms with E-state index in [-0.39, 0.29) is 19.8 Å². The van der Waals surface area contributed by atoms with E-state index < -0.39 is 11.9 Å². The Morgan fingerprint density at radius 1 is 0.714 bits per heavy atom. The monoisotopic (exact) mass is 568 g/mol. The zero-order valence-corrected chi connectivity index (χ0v) is 25.1. The normalized spacial score (nSPS) is 10.7. The van der Waals surface area contributed by atoms with Gasteiger partial charge in [-0.25, -0.2) is 9.59 Å². The summed E-state index contributed by atoms with van der Waals surface area (Å²) in [5.74, 6) is -0.908. The Kier molecular flexibility index (Phi) is 13.3. The molecule has 0 fully saturated rings. The standard InChI is InChI=1S/C37H44O5/c1-5-9-10-11-28-14-17-34(29(6-2)24-28)33-25-31(19-22-41-35(39)7-3)37(30-15-12-27(13-16-30)18-21-38)32(26-33)20-23-42-36(40)8-4/h7-8,12-17,24-26,38H,3-6,9-11,18-23H2,1-2H3. The van der Waals surface area contributed by atoms with Crippen LogP contribution < -0.4 is 0 Å². The Bertz CT molecular complexity index is 1310. The molecule has 3 rings (SSSR count). The van der Waals surface area contributed by atoms with Gasteiger partial charge >= 0.3 is 11.9 Å². The van der Waals surface area contributed by atoms with Gasteiger partial charge in [-0.1, -0.05) is 94.4 Å². The molecule has 0 aliphatic rings. The van der Waals surface area contributed by atoms with Crippen LogP contribution in [0.2, 0.25) is 0 Å². The molecule has 0 amide bonds. The molecule has 222 valence electrons. The fourth-order valence-electron chi connectivity index (χ4n) is 5.25. The second kappa shape index (κ2) is 17.1. The van der Waals surface area contributed by atoms with Crippen molar-refractivity contribution >= 4 is 11.9 Å². The molecule has 3 aromatic carbocycles. The molecule has 0 atom stereocenters. The summed E-state index contributed by atoms with van der Waals surface area (Å²) in [4.78, 5) is 23.7. The maximum Gasteiger partial charge on any atom is 0.330 e. The first-order valence-corrected chi connectivity index (χ1v) is 15.0. The van der Waals surface area contributed by atoms with E-state index in [1.165, 1.54) is 48.1 Å². The summed E-state index contributed by atoms with van der Waals surface area (Å²) in [6.45, 7) is 11.9. The number of aliphatic hydroxyl groups excluding tert-OH is 1. The molecule has 0 radical (unpaired) electrons. The molecule has 0 aromatic heterocycles. The van der Waals surface area contributed by atoms with E-state index in [1.54, 1.807) is 0 Å². The minimum Gasteiger partial charge on any atom is -0.462 e. The number of aryl methyl sites for hydroxylation is 2. The Morgan fingerprint density at radius 2 is 1.31 bits per heavy atom. The highest BCUT2D eigenvalue weighted by molar-refractivity contribution is 5.82.